The molecule has 1 aromatic carbocycles. The van der Waals surface area contributed by atoms with Gasteiger partial charge in [-0.05, 0) is 45.7 Å². The Morgan fingerprint density at radius 1 is 1.25 bits per heavy atom. The summed E-state index contributed by atoms with van der Waals surface area (Å²) < 4.78 is 19.8. The van der Waals surface area contributed by atoms with Crippen molar-refractivity contribution in [2.45, 2.75) is 44.6 Å². The number of fused-ring (bicyclic) bond motifs is 2. The molecule has 0 saturated carbocycles. The van der Waals surface area contributed by atoms with Crippen LogP contribution in [0, 0.1) is 5.82 Å². The van der Waals surface area contributed by atoms with Gasteiger partial charge in [0.05, 0.1) is 11.1 Å². The van der Waals surface area contributed by atoms with Gasteiger partial charge in [0, 0.05) is 25.7 Å². The maximum Gasteiger partial charge on any atom is 0.410 e. The number of carbonyl (C=O) groups excluding carboxylic acids is 2. The van der Waals surface area contributed by atoms with Gasteiger partial charge >= 0.3 is 6.09 Å². The standard InChI is InChI=1S/C18H23FN2O3/c1-17(2,3)24-16(23)21-10-8-18(9-11-21)14-12(19)6-5-7-13(14)20(4)15(18)22/h5-7H,8-11H2,1-4H3. The molecule has 0 bridgehead atoms. The first-order chi connectivity index (χ1) is 11.2. The van der Waals surface area contributed by atoms with Crippen LogP contribution in [0.15, 0.2) is 18.2 Å². The third kappa shape index (κ3) is 2.54. The number of rotatable bonds is 0. The van der Waals surface area contributed by atoms with Crippen LogP contribution in [-0.4, -0.2) is 42.6 Å². The maximum absolute atomic E-state index is 14.5. The molecule has 0 atom stereocenters. The van der Waals surface area contributed by atoms with E-state index < -0.39 is 11.0 Å². The summed E-state index contributed by atoms with van der Waals surface area (Å²) in [5.41, 5.74) is -0.325. The Kier molecular flexibility index (Phi) is 3.81. The predicted octanol–water partition coefficient (Wildman–Crippen LogP) is 3.07. The fourth-order valence-electron chi connectivity index (χ4n) is 3.66. The third-order valence-electron chi connectivity index (χ3n) is 4.81. The number of likely N-dealkylation sites (tertiary alicyclic amines) is 1. The normalized spacial score (nSPS) is 19.6. The molecule has 0 N–H and O–H groups in total. The van der Waals surface area contributed by atoms with Crippen molar-refractivity contribution >= 4 is 17.7 Å². The Balaban J connectivity index is 1.84. The number of nitrogens with zero attached hydrogens (tertiary/aromatic N) is 2. The van der Waals surface area contributed by atoms with Crippen molar-refractivity contribution in [2.24, 2.45) is 0 Å². The maximum atomic E-state index is 14.5. The fraction of sp³-hybridized carbons (Fsp3) is 0.556. The molecule has 24 heavy (non-hydrogen) atoms. The zero-order chi connectivity index (χ0) is 17.7. The van der Waals surface area contributed by atoms with Gasteiger partial charge < -0.3 is 14.5 Å². The summed E-state index contributed by atoms with van der Waals surface area (Å²) in [6, 6.07) is 4.78. The lowest BCUT2D eigenvalue weighted by atomic mass is 9.73. The minimum absolute atomic E-state index is 0.0913. The molecule has 130 valence electrons. The van der Waals surface area contributed by atoms with Crippen molar-refractivity contribution in [1.82, 2.24) is 4.90 Å². The summed E-state index contributed by atoms with van der Waals surface area (Å²) in [5.74, 6) is -0.442. The first kappa shape index (κ1) is 16.7. The number of ether oxygens (including phenoxy) is 1. The summed E-state index contributed by atoms with van der Waals surface area (Å²) in [6.45, 7) is 6.21. The number of likely N-dealkylation sites (N-methyl/N-ethyl adjacent to an activating group) is 1. The number of carbonyl (C=O) groups is 2. The third-order valence-corrected chi connectivity index (χ3v) is 4.81. The molecule has 6 heteroatoms. The predicted molar refractivity (Wildman–Crippen MR) is 88.5 cm³/mol. The van der Waals surface area contributed by atoms with Crippen LogP contribution < -0.4 is 4.90 Å². The topological polar surface area (TPSA) is 49.9 Å². The molecular weight excluding hydrogens is 311 g/mol. The Hall–Kier alpha value is -2.11. The van der Waals surface area contributed by atoms with E-state index in [9.17, 15) is 14.0 Å². The molecule has 3 rings (SSSR count). The summed E-state index contributed by atoms with van der Waals surface area (Å²) >= 11 is 0. The van der Waals surface area contributed by atoms with Gasteiger partial charge in [-0.15, -0.1) is 0 Å². The highest BCUT2D eigenvalue weighted by atomic mass is 19.1. The minimum atomic E-state index is -0.867. The lowest BCUT2D eigenvalue weighted by Crippen LogP contribution is -2.50. The molecule has 1 saturated heterocycles. The summed E-state index contributed by atoms with van der Waals surface area (Å²) in [6.07, 6.45) is 0.428. The number of piperidine rings is 1. The molecule has 2 amide bonds. The lowest BCUT2D eigenvalue weighted by molar-refractivity contribution is -0.124. The molecule has 5 nitrogen and oxygen atoms in total. The second kappa shape index (κ2) is 5.46. The van der Waals surface area contributed by atoms with E-state index in [1.807, 2.05) is 20.8 Å². The summed E-state index contributed by atoms with van der Waals surface area (Å²) in [7, 11) is 1.68. The van der Waals surface area contributed by atoms with Gasteiger partial charge in [0.2, 0.25) is 5.91 Å². The van der Waals surface area contributed by atoms with E-state index in [4.69, 9.17) is 4.74 Å². The van der Waals surface area contributed by atoms with Crippen LogP contribution in [0.2, 0.25) is 0 Å². The van der Waals surface area contributed by atoms with Crippen LogP contribution in [0.25, 0.3) is 0 Å². The number of benzene rings is 1. The highest BCUT2D eigenvalue weighted by Crippen LogP contribution is 2.48. The van der Waals surface area contributed by atoms with E-state index in [0.29, 0.717) is 37.2 Å². The van der Waals surface area contributed by atoms with E-state index in [-0.39, 0.29) is 17.8 Å². The summed E-state index contributed by atoms with van der Waals surface area (Å²) in [5, 5.41) is 0. The second-order valence-electron chi connectivity index (χ2n) is 7.55. The van der Waals surface area contributed by atoms with E-state index in [0.717, 1.165) is 0 Å². The Morgan fingerprint density at radius 2 is 1.88 bits per heavy atom. The Bertz CT molecular complexity index is 688. The van der Waals surface area contributed by atoms with Gasteiger partial charge in [-0.3, -0.25) is 4.79 Å². The monoisotopic (exact) mass is 334 g/mol. The molecule has 1 fully saturated rings. The second-order valence-corrected chi connectivity index (χ2v) is 7.55. The van der Waals surface area contributed by atoms with Gasteiger partial charge in [0.15, 0.2) is 0 Å². The average Bonchev–Trinajstić information content (AvgIpc) is 2.70. The van der Waals surface area contributed by atoms with Crippen LogP contribution in [0.1, 0.15) is 39.2 Å². The molecular formula is C18H23FN2O3. The number of anilines is 1. The smallest absolute Gasteiger partial charge is 0.410 e. The quantitative estimate of drug-likeness (QED) is 0.733. The van der Waals surface area contributed by atoms with Gasteiger partial charge in [-0.25, -0.2) is 9.18 Å². The average molecular weight is 334 g/mol. The van der Waals surface area contributed by atoms with Crippen LogP contribution in [0.4, 0.5) is 14.9 Å². The first-order valence-electron chi connectivity index (χ1n) is 8.21. The SMILES string of the molecule is CN1C(=O)C2(CCN(C(=O)OC(C)(C)C)CC2)c2c(F)cccc21. The highest BCUT2D eigenvalue weighted by Gasteiger charge is 2.53. The molecule has 1 spiro atoms. The largest absolute Gasteiger partial charge is 0.444 e. The van der Waals surface area contributed by atoms with E-state index >= 15 is 0 Å². The zero-order valence-corrected chi connectivity index (χ0v) is 14.6. The first-order valence-corrected chi connectivity index (χ1v) is 8.21. The molecule has 0 radical (unpaired) electrons. The molecule has 2 heterocycles. The minimum Gasteiger partial charge on any atom is -0.444 e. The van der Waals surface area contributed by atoms with Gasteiger partial charge in [0.25, 0.3) is 0 Å². The van der Waals surface area contributed by atoms with Crippen LogP contribution in [0.3, 0.4) is 0 Å². The zero-order valence-electron chi connectivity index (χ0n) is 14.6. The van der Waals surface area contributed by atoms with Crippen molar-refractivity contribution in [3.63, 3.8) is 0 Å². The van der Waals surface area contributed by atoms with Crippen LogP contribution in [0.5, 0.6) is 0 Å². The molecule has 2 aliphatic rings. The van der Waals surface area contributed by atoms with Crippen LogP contribution in [-0.2, 0) is 14.9 Å². The van der Waals surface area contributed by atoms with E-state index in [1.165, 1.54) is 11.0 Å². The molecule has 0 aromatic heterocycles. The molecule has 1 aromatic rings. The van der Waals surface area contributed by atoms with Crippen molar-refractivity contribution < 1.29 is 18.7 Å². The lowest BCUT2D eigenvalue weighted by Gasteiger charge is -2.38. The molecule has 0 aliphatic carbocycles. The van der Waals surface area contributed by atoms with Gasteiger partial charge in [-0.1, -0.05) is 6.07 Å². The van der Waals surface area contributed by atoms with Crippen molar-refractivity contribution in [2.75, 3.05) is 25.0 Å². The Morgan fingerprint density at radius 3 is 2.46 bits per heavy atom. The summed E-state index contributed by atoms with van der Waals surface area (Å²) in [4.78, 5) is 28.2. The molecule has 0 unspecified atom stereocenters. The van der Waals surface area contributed by atoms with Gasteiger partial charge in [-0.2, -0.15) is 0 Å². The van der Waals surface area contributed by atoms with E-state index in [2.05, 4.69) is 0 Å². The Labute approximate surface area is 141 Å². The van der Waals surface area contributed by atoms with Crippen molar-refractivity contribution in [3.05, 3.63) is 29.6 Å². The number of amides is 2. The number of hydrogen-bond acceptors (Lipinski definition) is 3. The van der Waals surface area contributed by atoms with E-state index in [1.54, 1.807) is 24.1 Å². The number of hydrogen-bond donors (Lipinski definition) is 0. The van der Waals surface area contributed by atoms with Crippen LogP contribution >= 0.6 is 0 Å². The molecule has 2 aliphatic heterocycles. The van der Waals surface area contributed by atoms with Crippen molar-refractivity contribution in [1.29, 1.82) is 0 Å². The van der Waals surface area contributed by atoms with Gasteiger partial charge in [0.1, 0.15) is 11.4 Å². The number of halogens is 1. The fourth-order valence-corrected chi connectivity index (χ4v) is 3.66. The highest BCUT2D eigenvalue weighted by molar-refractivity contribution is 6.08. The van der Waals surface area contributed by atoms with Crippen molar-refractivity contribution in [3.8, 4) is 0 Å².